The van der Waals surface area contributed by atoms with Gasteiger partial charge in [-0.3, -0.25) is 0 Å². The molecule has 0 aliphatic rings. The van der Waals surface area contributed by atoms with Gasteiger partial charge >= 0.3 is 0 Å². The third kappa shape index (κ3) is 16.5. The molecule has 0 radical (unpaired) electrons. The maximum absolute atomic E-state index is 5.95. The van der Waals surface area contributed by atoms with Gasteiger partial charge in [0.05, 0.1) is 26.4 Å². The van der Waals surface area contributed by atoms with Gasteiger partial charge in [-0.1, -0.05) is 127 Å². The third-order valence-electron chi connectivity index (χ3n) is 7.80. The van der Waals surface area contributed by atoms with Crippen molar-refractivity contribution in [3.63, 3.8) is 0 Å². The zero-order chi connectivity index (χ0) is 28.7. The maximum atomic E-state index is 5.95. The van der Waals surface area contributed by atoms with Crippen molar-refractivity contribution in [3.8, 4) is 11.1 Å². The minimum atomic E-state index is 0.676. The lowest BCUT2D eigenvalue weighted by atomic mass is 10.0. The van der Waals surface area contributed by atoms with Crippen LogP contribution in [0.4, 0.5) is 0 Å². The SMILES string of the molecule is CCCCCCCCN(C)CCOCc1ccc(-c2ccc(COCCN(C)CCCCCCCC)cc2)cc1. The Bertz CT molecular complexity index is 765. The molecule has 40 heavy (non-hydrogen) atoms. The zero-order valence-electron chi connectivity index (χ0n) is 26.5. The van der Waals surface area contributed by atoms with E-state index < -0.39 is 0 Å². The standard InChI is InChI=1S/C36H60N2O2/c1-5-7-9-11-13-15-25-37(3)27-29-39-31-33-17-21-35(22-18-33)36-23-19-34(20-24-36)32-40-30-28-38(4)26-16-14-12-10-8-6-2/h17-24H,5-16,25-32H2,1-4H3. The summed E-state index contributed by atoms with van der Waals surface area (Å²) >= 11 is 0. The summed E-state index contributed by atoms with van der Waals surface area (Å²) in [6.45, 7) is 11.8. The number of rotatable bonds is 25. The second kappa shape index (κ2) is 22.9. The Hall–Kier alpha value is -1.72. The molecule has 2 aromatic carbocycles. The fourth-order valence-electron chi connectivity index (χ4n) is 4.96. The van der Waals surface area contributed by atoms with Crippen molar-refractivity contribution >= 4 is 0 Å². The van der Waals surface area contributed by atoms with E-state index in [0.717, 1.165) is 26.3 Å². The number of hydrogen-bond donors (Lipinski definition) is 0. The van der Waals surface area contributed by atoms with Crippen molar-refractivity contribution in [2.24, 2.45) is 0 Å². The van der Waals surface area contributed by atoms with Crippen molar-refractivity contribution in [1.82, 2.24) is 9.80 Å². The van der Waals surface area contributed by atoms with Crippen molar-refractivity contribution < 1.29 is 9.47 Å². The van der Waals surface area contributed by atoms with Gasteiger partial charge in [0.1, 0.15) is 0 Å². The molecule has 0 unspecified atom stereocenters. The first-order chi connectivity index (χ1) is 19.6. The van der Waals surface area contributed by atoms with Crippen LogP contribution in [0.25, 0.3) is 11.1 Å². The molecule has 0 aromatic heterocycles. The van der Waals surface area contributed by atoms with Gasteiger partial charge < -0.3 is 19.3 Å². The number of ether oxygens (including phenoxy) is 2. The smallest absolute Gasteiger partial charge is 0.0717 e. The van der Waals surface area contributed by atoms with Gasteiger partial charge in [-0.25, -0.2) is 0 Å². The number of unbranched alkanes of at least 4 members (excludes halogenated alkanes) is 10. The van der Waals surface area contributed by atoms with E-state index in [1.807, 2.05) is 0 Å². The molecule has 2 rings (SSSR count). The molecular formula is C36H60N2O2. The molecule has 0 fully saturated rings. The molecule has 0 N–H and O–H groups in total. The van der Waals surface area contributed by atoms with Gasteiger partial charge in [0.15, 0.2) is 0 Å². The van der Waals surface area contributed by atoms with Crippen molar-refractivity contribution in [2.75, 3.05) is 53.5 Å². The minimum Gasteiger partial charge on any atom is -0.375 e. The van der Waals surface area contributed by atoms with Crippen LogP contribution in [0, 0.1) is 0 Å². The third-order valence-corrected chi connectivity index (χ3v) is 7.80. The second-order valence-corrected chi connectivity index (χ2v) is 11.6. The van der Waals surface area contributed by atoms with Crippen LogP contribution in [0.3, 0.4) is 0 Å². The largest absolute Gasteiger partial charge is 0.375 e. The summed E-state index contributed by atoms with van der Waals surface area (Å²) in [6, 6.07) is 17.6. The van der Waals surface area contributed by atoms with Gasteiger partial charge in [-0.15, -0.1) is 0 Å². The Labute approximate surface area is 247 Å². The van der Waals surface area contributed by atoms with Gasteiger partial charge in [0.25, 0.3) is 0 Å². The molecule has 4 heteroatoms. The normalized spacial score (nSPS) is 11.7. The molecular weight excluding hydrogens is 492 g/mol. The van der Waals surface area contributed by atoms with Crippen LogP contribution in [-0.4, -0.2) is 63.3 Å². The van der Waals surface area contributed by atoms with E-state index >= 15 is 0 Å². The molecule has 4 nitrogen and oxygen atoms in total. The Kier molecular flexibility index (Phi) is 19.7. The molecule has 0 atom stereocenters. The Morgan fingerprint density at radius 1 is 0.450 bits per heavy atom. The monoisotopic (exact) mass is 552 g/mol. The zero-order valence-corrected chi connectivity index (χ0v) is 26.5. The highest BCUT2D eigenvalue weighted by Crippen LogP contribution is 2.21. The van der Waals surface area contributed by atoms with Gasteiger partial charge in [0.2, 0.25) is 0 Å². The van der Waals surface area contributed by atoms with Crippen LogP contribution >= 0.6 is 0 Å². The van der Waals surface area contributed by atoms with Crippen LogP contribution in [0.15, 0.2) is 48.5 Å². The highest BCUT2D eigenvalue weighted by atomic mass is 16.5. The predicted octanol–water partition coefficient (Wildman–Crippen LogP) is 8.97. The highest BCUT2D eigenvalue weighted by molar-refractivity contribution is 5.63. The van der Waals surface area contributed by atoms with E-state index in [4.69, 9.17) is 9.47 Å². The molecule has 0 aliphatic heterocycles. The number of likely N-dealkylation sites (N-methyl/N-ethyl adjacent to an activating group) is 2. The molecule has 0 aliphatic carbocycles. The van der Waals surface area contributed by atoms with Gasteiger partial charge in [-0.05, 0) is 62.3 Å². The van der Waals surface area contributed by atoms with Crippen molar-refractivity contribution in [1.29, 1.82) is 0 Å². The highest BCUT2D eigenvalue weighted by Gasteiger charge is 2.03. The molecule has 226 valence electrons. The van der Waals surface area contributed by atoms with Crippen LogP contribution in [0.5, 0.6) is 0 Å². The van der Waals surface area contributed by atoms with E-state index in [1.54, 1.807) is 0 Å². The van der Waals surface area contributed by atoms with E-state index in [0.29, 0.717) is 13.2 Å². The van der Waals surface area contributed by atoms with Crippen LogP contribution < -0.4 is 0 Å². The first kappa shape index (κ1) is 34.5. The lowest BCUT2D eigenvalue weighted by molar-refractivity contribution is 0.0991. The van der Waals surface area contributed by atoms with Crippen molar-refractivity contribution in [3.05, 3.63) is 59.7 Å². The summed E-state index contributed by atoms with van der Waals surface area (Å²) in [5, 5.41) is 0. The summed E-state index contributed by atoms with van der Waals surface area (Å²) in [5.74, 6) is 0. The topological polar surface area (TPSA) is 24.9 Å². The van der Waals surface area contributed by atoms with E-state index in [1.165, 1.54) is 112 Å². The van der Waals surface area contributed by atoms with Crippen LogP contribution in [0.2, 0.25) is 0 Å². The number of benzene rings is 2. The Morgan fingerprint density at radius 3 is 1.18 bits per heavy atom. The predicted molar refractivity (Wildman–Crippen MR) is 173 cm³/mol. The summed E-state index contributed by atoms with van der Waals surface area (Å²) in [5.41, 5.74) is 4.94. The average Bonchev–Trinajstić information content (AvgIpc) is 2.98. The summed E-state index contributed by atoms with van der Waals surface area (Å²) in [4.78, 5) is 4.79. The lowest BCUT2D eigenvalue weighted by Gasteiger charge is -2.16. The summed E-state index contributed by atoms with van der Waals surface area (Å²) in [6.07, 6.45) is 16.2. The summed E-state index contributed by atoms with van der Waals surface area (Å²) < 4.78 is 11.9. The maximum Gasteiger partial charge on any atom is 0.0717 e. The fourth-order valence-corrected chi connectivity index (χ4v) is 4.96. The van der Waals surface area contributed by atoms with Crippen molar-refractivity contribution in [2.45, 2.75) is 104 Å². The molecule has 0 amide bonds. The lowest BCUT2D eigenvalue weighted by Crippen LogP contribution is -2.24. The van der Waals surface area contributed by atoms with Crippen LogP contribution in [0.1, 0.15) is 102 Å². The number of nitrogens with zero attached hydrogens (tertiary/aromatic N) is 2. The first-order valence-corrected chi connectivity index (χ1v) is 16.3. The molecule has 2 aromatic rings. The minimum absolute atomic E-state index is 0.676. The van der Waals surface area contributed by atoms with E-state index in [9.17, 15) is 0 Å². The molecule has 0 saturated carbocycles. The van der Waals surface area contributed by atoms with Crippen LogP contribution in [-0.2, 0) is 22.7 Å². The summed E-state index contributed by atoms with van der Waals surface area (Å²) in [7, 11) is 4.41. The Balaban J connectivity index is 1.56. The average molecular weight is 553 g/mol. The number of hydrogen-bond acceptors (Lipinski definition) is 4. The van der Waals surface area contributed by atoms with E-state index in [-0.39, 0.29) is 0 Å². The first-order valence-electron chi connectivity index (χ1n) is 16.3. The van der Waals surface area contributed by atoms with Gasteiger partial charge in [0, 0.05) is 13.1 Å². The quantitative estimate of drug-likeness (QED) is 0.115. The second-order valence-electron chi connectivity index (χ2n) is 11.6. The fraction of sp³-hybridized carbons (Fsp3) is 0.667. The molecule has 0 saturated heterocycles. The van der Waals surface area contributed by atoms with Gasteiger partial charge in [-0.2, -0.15) is 0 Å². The molecule has 0 bridgehead atoms. The Morgan fingerprint density at radius 2 is 0.800 bits per heavy atom. The molecule has 0 spiro atoms. The molecule has 0 heterocycles. The van der Waals surface area contributed by atoms with E-state index in [2.05, 4.69) is 86.3 Å².